The van der Waals surface area contributed by atoms with E-state index in [1.54, 1.807) is 0 Å². The number of nitrogens with one attached hydrogen (secondary N) is 4. The molecule has 2 aliphatic heterocycles. The van der Waals surface area contributed by atoms with Crippen molar-refractivity contribution in [1.82, 2.24) is 41.0 Å². The first-order valence-corrected chi connectivity index (χ1v) is 21.5. The van der Waals surface area contributed by atoms with Crippen LogP contribution in [0.2, 0.25) is 0 Å². The molecule has 5 aromatic rings. The van der Waals surface area contributed by atoms with Crippen LogP contribution in [0.5, 0.6) is 0 Å². The van der Waals surface area contributed by atoms with Gasteiger partial charge < -0.3 is 21.3 Å². The van der Waals surface area contributed by atoms with Gasteiger partial charge in [-0.2, -0.15) is 0 Å². The third-order valence-electron chi connectivity index (χ3n) is 10.9. The average Bonchev–Trinajstić information content (AvgIpc) is 3.22. The second-order valence-electron chi connectivity index (χ2n) is 15.4. The Kier molecular flexibility index (Phi) is 15.6. The molecule has 2 aromatic heterocycles. The van der Waals surface area contributed by atoms with Gasteiger partial charge in [-0.3, -0.25) is 19.8 Å². The van der Waals surface area contributed by atoms with Crippen LogP contribution in [0.15, 0.2) is 114 Å². The molecule has 7 rings (SSSR count). The van der Waals surface area contributed by atoms with Gasteiger partial charge in [0.25, 0.3) is 0 Å². The molecule has 0 saturated carbocycles. The Morgan fingerprint density at radius 1 is 0.446 bits per heavy atom. The van der Waals surface area contributed by atoms with Crippen molar-refractivity contribution in [3.05, 3.63) is 164 Å². The summed E-state index contributed by atoms with van der Waals surface area (Å²) in [7, 11) is 0. The first-order valence-electron chi connectivity index (χ1n) is 20.7. The van der Waals surface area contributed by atoms with Crippen molar-refractivity contribution < 1.29 is 0 Å². The largest absolute Gasteiger partial charge is 0.311 e. The fourth-order valence-corrected chi connectivity index (χ4v) is 8.21. The third-order valence-corrected chi connectivity index (χ3v) is 11.4. The number of benzene rings is 3. The first kappa shape index (κ1) is 40.4. The molecule has 0 spiro atoms. The van der Waals surface area contributed by atoms with Gasteiger partial charge in [-0.25, -0.2) is 0 Å². The average molecular weight is 816 g/mol. The Morgan fingerprint density at radius 3 is 1.11 bits per heavy atom. The monoisotopic (exact) mass is 814 g/mol. The van der Waals surface area contributed by atoms with Gasteiger partial charge in [-0.15, -0.1) is 0 Å². The number of hydrogen-bond acceptors (Lipinski definition) is 8. The highest BCUT2D eigenvalue weighted by atomic mass is 79.9. The van der Waals surface area contributed by atoms with E-state index in [9.17, 15) is 0 Å². The van der Waals surface area contributed by atoms with Crippen LogP contribution in [0.25, 0.3) is 0 Å². The Balaban J connectivity index is 0.990. The highest BCUT2D eigenvalue weighted by Gasteiger charge is 2.18. The minimum atomic E-state index is 0.160. The van der Waals surface area contributed by atoms with Gasteiger partial charge >= 0.3 is 0 Å². The van der Waals surface area contributed by atoms with Gasteiger partial charge in [0.1, 0.15) is 0 Å². The summed E-state index contributed by atoms with van der Waals surface area (Å²) in [5.41, 5.74) is 11.2. The highest BCUT2D eigenvalue weighted by molar-refractivity contribution is 9.10. The van der Waals surface area contributed by atoms with Crippen molar-refractivity contribution in [3.8, 4) is 0 Å². The minimum absolute atomic E-state index is 0.160. The summed E-state index contributed by atoms with van der Waals surface area (Å²) in [5, 5.41) is 14.4. The van der Waals surface area contributed by atoms with E-state index in [-0.39, 0.29) is 5.92 Å². The molecule has 4 bridgehead atoms. The van der Waals surface area contributed by atoms with Crippen LogP contribution < -0.4 is 21.3 Å². The predicted molar refractivity (Wildman–Crippen MR) is 232 cm³/mol. The van der Waals surface area contributed by atoms with E-state index in [0.717, 1.165) is 145 Å². The summed E-state index contributed by atoms with van der Waals surface area (Å²) in [6.45, 7) is 13.5. The molecule has 0 aliphatic carbocycles. The van der Waals surface area contributed by atoms with Crippen molar-refractivity contribution in [2.45, 2.75) is 70.9 Å². The van der Waals surface area contributed by atoms with Gasteiger partial charge in [0.2, 0.25) is 0 Å². The summed E-state index contributed by atoms with van der Waals surface area (Å²) >= 11 is 3.67. The molecule has 294 valence electrons. The number of rotatable bonds is 7. The van der Waals surface area contributed by atoms with E-state index in [0.29, 0.717) is 0 Å². The van der Waals surface area contributed by atoms with Gasteiger partial charge in [0.15, 0.2) is 0 Å². The molecule has 8 nitrogen and oxygen atoms in total. The molecule has 2 aliphatic rings. The fourth-order valence-electron chi connectivity index (χ4n) is 7.95. The molecule has 3 aromatic carbocycles. The van der Waals surface area contributed by atoms with Crippen LogP contribution in [0.3, 0.4) is 0 Å². The van der Waals surface area contributed by atoms with E-state index in [4.69, 9.17) is 9.97 Å². The van der Waals surface area contributed by atoms with Gasteiger partial charge in [0.05, 0.1) is 22.8 Å². The normalized spacial score (nSPS) is 17.5. The Labute approximate surface area is 343 Å². The van der Waals surface area contributed by atoms with Gasteiger partial charge in [-0.1, -0.05) is 88.7 Å². The molecule has 9 heteroatoms. The standard InChI is InChI=1S/C47H59BrN8/c48-42-21-19-41(20-22-42)47(39-15-11-37(12-16-39)35-55-27-3-23-49-31-43-7-1-8-44(53-43)32-50-24-4-28-55)40-17-13-38(14-18-40)36-56-29-5-25-51-33-45-9-2-10-46(54-45)34-52-26-6-30-56/h1-2,7-22,47,49-52H,3-6,23-36H2. The summed E-state index contributed by atoms with van der Waals surface area (Å²) in [6, 6.07) is 40.4. The zero-order valence-corrected chi connectivity index (χ0v) is 34.5. The van der Waals surface area contributed by atoms with Crippen molar-refractivity contribution in [2.24, 2.45) is 0 Å². The van der Waals surface area contributed by atoms with Crippen molar-refractivity contribution in [3.63, 3.8) is 0 Å². The maximum atomic E-state index is 4.80. The summed E-state index contributed by atoms with van der Waals surface area (Å²) < 4.78 is 1.10. The number of pyridine rings is 2. The van der Waals surface area contributed by atoms with E-state index >= 15 is 0 Å². The van der Waals surface area contributed by atoms with Gasteiger partial charge in [-0.05, 0) is 142 Å². The first-order chi connectivity index (χ1) is 27.6. The lowest BCUT2D eigenvalue weighted by Gasteiger charge is -2.25. The number of fused-ring (bicyclic) bond motifs is 4. The van der Waals surface area contributed by atoms with Crippen LogP contribution in [-0.2, 0) is 39.3 Å². The SMILES string of the molecule is Brc1ccc(C(c2ccc(CN3CCCNCc4cccc(n4)CNCCC3)cc2)c2ccc(CN3CCCNCc4cccc(n4)CNCCC3)cc2)cc1. The molecule has 4 N–H and O–H groups in total. The summed E-state index contributed by atoms with van der Waals surface area (Å²) in [5.74, 6) is 0.160. The van der Waals surface area contributed by atoms with Crippen LogP contribution >= 0.6 is 15.9 Å². The molecular weight excluding hydrogens is 756 g/mol. The maximum absolute atomic E-state index is 4.80. The fraction of sp³-hybridized carbons (Fsp3) is 0.404. The molecule has 0 amide bonds. The van der Waals surface area contributed by atoms with Crippen LogP contribution in [0, 0.1) is 0 Å². The molecular formula is C47H59BrN8. The van der Waals surface area contributed by atoms with E-state index in [2.05, 4.69) is 156 Å². The van der Waals surface area contributed by atoms with E-state index in [1.165, 1.54) is 27.8 Å². The Hall–Kier alpha value is -3.80. The molecule has 0 saturated heterocycles. The summed E-state index contributed by atoms with van der Waals surface area (Å²) in [6.07, 6.45) is 4.47. The van der Waals surface area contributed by atoms with E-state index in [1.807, 2.05) is 0 Å². The summed E-state index contributed by atoms with van der Waals surface area (Å²) in [4.78, 5) is 14.8. The number of halogens is 1. The topological polar surface area (TPSA) is 80.4 Å². The zero-order chi connectivity index (χ0) is 38.2. The van der Waals surface area contributed by atoms with Crippen molar-refractivity contribution in [2.75, 3.05) is 52.4 Å². The molecule has 0 atom stereocenters. The minimum Gasteiger partial charge on any atom is -0.311 e. The Morgan fingerprint density at radius 2 is 0.768 bits per heavy atom. The Bertz CT molecular complexity index is 1720. The molecule has 0 unspecified atom stereocenters. The van der Waals surface area contributed by atoms with Crippen LogP contribution in [0.1, 0.15) is 82.2 Å². The number of hydrogen-bond donors (Lipinski definition) is 4. The number of nitrogens with zero attached hydrogens (tertiary/aromatic N) is 4. The lowest BCUT2D eigenvalue weighted by atomic mass is 9.84. The van der Waals surface area contributed by atoms with Crippen molar-refractivity contribution >= 4 is 15.9 Å². The zero-order valence-electron chi connectivity index (χ0n) is 32.9. The third kappa shape index (κ3) is 12.6. The molecule has 0 fully saturated rings. The van der Waals surface area contributed by atoms with Gasteiger partial charge in [0, 0.05) is 49.7 Å². The lowest BCUT2D eigenvalue weighted by Crippen LogP contribution is -2.30. The van der Waals surface area contributed by atoms with Crippen LogP contribution in [-0.4, -0.2) is 72.1 Å². The second-order valence-corrected chi connectivity index (χ2v) is 16.3. The molecule has 56 heavy (non-hydrogen) atoms. The quantitative estimate of drug-likeness (QED) is 0.127. The smallest absolute Gasteiger partial charge is 0.0545 e. The number of aromatic nitrogens is 2. The maximum Gasteiger partial charge on any atom is 0.0545 e. The van der Waals surface area contributed by atoms with E-state index < -0.39 is 0 Å². The van der Waals surface area contributed by atoms with Crippen LogP contribution in [0.4, 0.5) is 0 Å². The second kappa shape index (κ2) is 21.6. The highest BCUT2D eigenvalue weighted by Crippen LogP contribution is 2.33. The van der Waals surface area contributed by atoms with Crippen molar-refractivity contribution in [1.29, 1.82) is 0 Å². The molecule has 4 heterocycles. The molecule has 0 radical (unpaired) electrons. The lowest BCUT2D eigenvalue weighted by molar-refractivity contribution is 0.256. The predicted octanol–water partition coefficient (Wildman–Crippen LogP) is 7.37.